The van der Waals surface area contributed by atoms with Gasteiger partial charge in [-0.3, -0.25) is 0 Å². The second-order valence-electron chi connectivity index (χ2n) is 1.86. The third-order valence-electron chi connectivity index (χ3n) is 1.30. The van der Waals surface area contributed by atoms with Crippen LogP contribution in [0.1, 0.15) is 0 Å². The summed E-state index contributed by atoms with van der Waals surface area (Å²) in [5, 5.41) is 25.8. The normalized spacial score (nSPS) is 13.8. The molecule has 4 nitrogen and oxygen atoms in total. The van der Waals surface area contributed by atoms with Crippen LogP contribution in [0.4, 0.5) is 0 Å². The molecule has 0 aromatic rings. The third kappa shape index (κ3) is 2.16. The van der Waals surface area contributed by atoms with Crippen molar-refractivity contribution in [1.82, 2.24) is 0 Å². The number of hydrogen-bond donors (Lipinski definition) is 3. The summed E-state index contributed by atoms with van der Waals surface area (Å²) in [7, 11) is -1.14. The minimum atomic E-state index is -2.52. The van der Waals surface area contributed by atoms with E-state index in [1.807, 2.05) is 0 Å². The molecule has 0 saturated carbocycles. The summed E-state index contributed by atoms with van der Waals surface area (Å²) in [6.45, 7) is 0. The van der Waals surface area contributed by atoms with Gasteiger partial charge in [0.05, 0.1) is 0 Å². The first kappa shape index (κ1) is 9.27. The van der Waals surface area contributed by atoms with Crippen LogP contribution in [0.3, 0.4) is 0 Å². The Kier molecular flexibility index (Phi) is 4.27. The molecule has 0 bridgehead atoms. The SMILES string of the molecule is CO[PH](CO)(CO)CO. The van der Waals surface area contributed by atoms with Crippen LogP contribution in [0.25, 0.3) is 0 Å². The van der Waals surface area contributed by atoms with Crippen molar-refractivity contribution >= 4 is 7.49 Å². The van der Waals surface area contributed by atoms with E-state index in [0.717, 1.165) is 0 Å². The predicted octanol–water partition coefficient (Wildman–Crippen LogP) is -0.853. The van der Waals surface area contributed by atoms with Crippen LogP contribution in [0, 0.1) is 0 Å². The summed E-state index contributed by atoms with van der Waals surface area (Å²) >= 11 is 0. The van der Waals surface area contributed by atoms with Gasteiger partial charge in [-0.1, -0.05) is 0 Å². The molecular weight excluding hydrogens is 143 g/mol. The van der Waals surface area contributed by atoms with E-state index in [-0.39, 0.29) is 19.0 Å². The molecule has 9 heavy (non-hydrogen) atoms. The molecule has 0 rings (SSSR count). The van der Waals surface area contributed by atoms with Crippen LogP contribution in [0.5, 0.6) is 0 Å². The van der Waals surface area contributed by atoms with E-state index in [1.165, 1.54) is 7.11 Å². The zero-order valence-electron chi connectivity index (χ0n) is 5.37. The van der Waals surface area contributed by atoms with E-state index in [4.69, 9.17) is 19.8 Å². The minimum absolute atomic E-state index is 0.240. The molecule has 0 heterocycles. The summed E-state index contributed by atoms with van der Waals surface area (Å²) in [4.78, 5) is 0. The van der Waals surface area contributed by atoms with Crippen molar-refractivity contribution in [3.8, 4) is 0 Å². The van der Waals surface area contributed by atoms with Crippen LogP contribution in [-0.4, -0.2) is 41.5 Å². The monoisotopic (exact) mass is 156 g/mol. The fourth-order valence-electron chi connectivity index (χ4n) is 0.344. The van der Waals surface area contributed by atoms with Crippen molar-refractivity contribution in [1.29, 1.82) is 0 Å². The Balaban J connectivity index is 3.82. The molecule has 58 valence electrons. The van der Waals surface area contributed by atoms with E-state index in [0.29, 0.717) is 0 Å². The van der Waals surface area contributed by atoms with E-state index in [1.54, 1.807) is 0 Å². The van der Waals surface area contributed by atoms with Gasteiger partial charge in [0, 0.05) is 0 Å². The van der Waals surface area contributed by atoms with Gasteiger partial charge in [0.15, 0.2) is 0 Å². The molecule has 3 N–H and O–H groups in total. The molecule has 0 saturated heterocycles. The molecule has 0 fully saturated rings. The molecule has 0 aliphatic rings. The maximum absolute atomic E-state index is 8.59. The molecule has 5 heteroatoms. The zero-order chi connectivity index (χ0) is 7.33. The first-order chi connectivity index (χ1) is 4.24. The number of hydrogen-bond acceptors (Lipinski definition) is 4. The van der Waals surface area contributed by atoms with Crippen molar-refractivity contribution in [2.24, 2.45) is 0 Å². The van der Waals surface area contributed by atoms with Crippen LogP contribution >= 0.6 is 7.49 Å². The summed E-state index contributed by atoms with van der Waals surface area (Å²) in [5.41, 5.74) is 0. The van der Waals surface area contributed by atoms with Gasteiger partial charge in [-0.2, -0.15) is 0 Å². The number of aliphatic hydroxyl groups excluding tert-OH is 3. The fraction of sp³-hybridized carbons (Fsp3) is 1.00. The van der Waals surface area contributed by atoms with E-state index >= 15 is 0 Å². The Hall–Kier alpha value is 0.270. The van der Waals surface area contributed by atoms with E-state index < -0.39 is 7.49 Å². The maximum atomic E-state index is 8.59. The Bertz CT molecular complexity index is 55.5. The van der Waals surface area contributed by atoms with Crippen molar-refractivity contribution < 1.29 is 19.8 Å². The standard InChI is InChI=1S/C4H13O4P/c1-8-9(2-5,3-6)4-7/h5-7,9H,2-4H2,1H3. The molecule has 0 atom stereocenters. The van der Waals surface area contributed by atoms with Crippen LogP contribution in [0.2, 0.25) is 0 Å². The number of aliphatic hydroxyl groups is 3. The van der Waals surface area contributed by atoms with Gasteiger partial charge in [0.25, 0.3) is 0 Å². The predicted molar refractivity (Wildman–Crippen MR) is 36.6 cm³/mol. The van der Waals surface area contributed by atoms with Crippen molar-refractivity contribution in [3.63, 3.8) is 0 Å². The fourth-order valence-corrected chi connectivity index (χ4v) is 1.03. The Labute approximate surface area is 54.5 Å². The molecule has 0 aromatic carbocycles. The van der Waals surface area contributed by atoms with Crippen LogP contribution in [-0.2, 0) is 4.52 Å². The van der Waals surface area contributed by atoms with Gasteiger partial charge in [0.1, 0.15) is 0 Å². The van der Waals surface area contributed by atoms with Crippen molar-refractivity contribution in [2.45, 2.75) is 0 Å². The Morgan fingerprint density at radius 2 is 1.44 bits per heavy atom. The molecule has 0 aliphatic carbocycles. The van der Waals surface area contributed by atoms with E-state index in [9.17, 15) is 0 Å². The average molecular weight is 156 g/mol. The van der Waals surface area contributed by atoms with Crippen molar-refractivity contribution in [2.75, 3.05) is 26.2 Å². The summed E-state index contributed by atoms with van der Waals surface area (Å²) in [6, 6.07) is 0. The quantitative estimate of drug-likeness (QED) is 0.463. The third-order valence-corrected chi connectivity index (χ3v) is 3.89. The van der Waals surface area contributed by atoms with Gasteiger partial charge in [-0.15, -0.1) is 0 Å². The summed E-state index contributed by atoms with van der Waals surface area (Å²) in [5.74, 6) is 0. The molecular formula is C4H13O4P. The first-order valence-corrected chi connectivity index (χ1v) is 5.15. The summed E-state index contributed by atoms with van der Waals surface area (Å²) < 4.78 is 4.77. The van der Waals surface area contributed by atoms with Crippen molar-refractivity contribution in [3.05, 3.63) is 0 Å². The second-order valence-corrected chi connectivity index (χ2v) is 5.58. The molecule has 0 amide bonds. The Morgan fingerprint density at radius 3 is 1.44 bits per heavy atom. The molecule has 0 spiro atoms. The van der Waals surface area contributed by atoms with Crippen LogP contribution in [0.15, 0.2) is 0 Å². The summed E-state index contributed by atoms with van der Waals surface area (Å²) in [6.07, 6.45) is -0.719. The van der Waals surface area contributed by atoms with Gasteiger partial charge in [-0.05, 0) is 0 Å². The van der Waals surface area contributed by atoms with Gasteiger partial charge < -0.3 is 0 Å². The molecule has 0 radical (unpaired) electrons. The molecule has 0 aliphatic heterocycles. The van der Waals surface area contributed by atoms with Gasteiger partial charge in [0.2, 0.25) is 0 Å². The Morgan fingerprint density at radius 1 is 1.11 bits per heavy atom. The second kappa shape index (κ2) is 4.14. The van der Waals surface area contributed by atoms with Crippen LogP contribution < -0.4 is 0 Å². The van der Waals surface area contributed by atoms with Gasteiger partial charge in [-0.25, -0.2) is 0 Å². The first-order valence-electron chi connectivity index (χ1n) is 2.62. The van der Waals surface area contributed by atoms with Gasteiger partial charge >= 0.3 is 53.5 Å². The molecule has 0 aromatic heterocycles. The molecule has 0 unspecified atom stereocenters. The number of rotatable bonds is 4. The average Bonchev–Trinajstić information content (AvgIpc) is 1.95. The van der Waals surface area contributed by atoms with E-state index in [2.05, 4.69) is 0 Å². The topological polar surface area (TPSA) is 69.9 Å². The zero-order valence-corrected chi connectivity index (χ0v) is 6.37.